The van der Waals surface area contributed by atoms with E-state index in [0.717, 1.165) is 17.7 Å². The topological polar surface area (TPSA) is 65.1 Å². The van der Waals surface area contributed by atoms with Gasteiger partial charge in [0.15, 0.2) is 0 Å². The predicted octanol–water partition coefficient (Wildman–Crippen LogP) is 2.16. The number of nitrogens with one attached hydrogen (secondary N) is 1. The van der Waals surface area contributed by atoms with Crippen LogP contribution in [0.3, 0.4) is 0 Å². The lowest BCUT2D eigenvalue weighted by atomic mass is 10.0. The standard InChI is InChI=1S/C14H18F2N4O/c1-20-11(7-8-18-20)5-6-13(19-17)10-3-2-4-12(9-10)21-14(15)16/h2-4,7-9,13-14,19H,5-6,17H2,1H3. The van der Waals surface area contributed by atoms with Crippen LogP contribution >= 0.6 is 0 Å². The first-order valence-electron chi connectivity index (χ1n) is 6.58. The van der Waals surface area contributed by atoms with E-state index >= 15 is 0 Å². The zero-order chi connectivity index (χ0) is 15.2. The van der Waals surface area contributed by atoms with Gasteiger partial charge in [0.25, 0.3) is 0 Å². The first-order valence-corrected chi connectivity index (χ1v) is 6.58. The van der Waals surface area contributed by atoms with E-state index in [1.165, 1.54) is 6.07 Å². The van der Waals surface area contributed by atoms with Gasteiger partial charge in [0.1, 0.15) is 5.75 Å². The fourth-order valence-corrected chi connectivity index (χ4v) is 2.19. The zero-order valence-corrected chi connectivity index (χ0v) is 11.7. The summed E-state index contributed by atoms with van der Waals surface area (Å²) in [7, 11) is 1.87. The molecule has 2 aromatic rings. The minimum absolute atomic E-state index is 0.128. The molecule has 1 unspecified atom stereocenters. The van der Waals surface area contributed by atoms with Crippen LogP contribution in [0.4, 0.5) is 8.78 Å². The van der Waals surface area contributed by atoms with Gasteiger partial charge in [0, 0.05) is 25.0 Å². The zero-order valence-electron chi connectivity index (χ0n) is 11.7. The number of alkyl halides is 2. The molecule has 0 radical (unpaired) electrons. The van der Waals surface area contributed by atoms with Gasteiger partial charge in [-0.1, -0.05) is 12.1 Å². The predicted molar refractivity (Wildman–Crippen MR) is 74.7 cm³/mol. The van der Waals surface area contributed by atoms with E-state index in [0.29, 0.717) is 6.42 Å². The van der Waals surface area contributed by atoms with Crippen LogP contribution in [0, 0.1) is 0 Å². The number of hydrazine groups is 1. The van der Waals surface area contributed by atoms with Crippen LogP contribution in [0.25, 0.3) is 0 Å². The SMILES string of the molecule is Cn1nccc1CCC(NN)c1cccc(OC(F)F)c1. The van der Waals surface area contributed by atoms with E-state index in [9.17, 15) is 8.78 Å². The summed E-state index contributed by atoms with van der Waals surface area (Å²) in [6.45, 7) is -2.83. The van der Waals surface area contributed by atoms with Crippen molar-refractivity contribution >= 4 is 0 Å². The Bertz CT molecular complexity index is 574. The van der Waals surface area contributed by atoms with Crippen molar-refractivity contribution in [3.05, 3.63) is 47.8 Å². The lowest BCUT2D eigenvalue weighted by Gasteiger charge is -2.17. The maximum atomic E-state index is 12.2. The summed E-state index contributed by atoms with van der Waals surface area (Å²) < 4.78 is 30.7. The minimum Gasteiger partial charge on any atom is -0.435 e. The number of aromatic nitrogens is 2. The molecule has 0 aliphatic heterocycles. The van der Waals surface area contributed by atoms with Crippen molar-refractivity contribution in [3.8, 4) is 5.75 Å². The van der Waals surface area contributed by atoms with Gasteiger partial charge in [0.2, 0.25) is 0 Å². The molecule has 21 heavy (non-hydrogen) atoms. The molecule has 1 aromatic heterocycles. The third kappa shape index (κ3) is 4.24. The second kappa shape index (κ2) is 7.14. The summed E-state index contributed by atoms with van der Waals surface area (Å²) in [6, 6.07) is 8.34. The van der Waals surface area contributed by atoms with Gasteiger partial charge in [-0.05, 0) is 36.6 Å². The van der Waals surface area contributed by atoms with Crippen molar-refractivity contribution in [1.82, 2.24) is 15.2 Å². The number of rotatable bonds is 7. The highest BCUT2D eigenvalue weighted by molar-refractivity contribution is 5.30. The van der Waals surface area contributed by atoms with E-state index in [-0.39, 0.29) is 11.8 Å². The van der Waals surface area contributed by atoms with Crippen molar-refractivity contribution in [3.63, 3.8) is 0 Å². The number of hydrogen-bond acceptors (Lipinski definition) is 4. The molecular weight excluding hydrogens is 278 g/mol. The van der Waals surface area contributed by atoms with E-state index < -0.39 is 6.61 Å². The molecule has 5 nitrogen and oxygen atoms in total. The van der Waals surface area contributed by atoms with Gasteiger partial charge < -0.3 is 4.74 Å². The summed E-state index contributed by atoms with van der Waals surface area (Å²) >= 11 is 0. The Morgan fingerprint density at radius 1 is 1.38 bits per heavy atom. The Balaban J connectivity index is 2.05. The number of halogens is 2. The molecule has 1 aromatic carbocycles. The highest BCUT2D eigenvalue weighted by Crippen LogP contribution is 2.23. The molecule has 7 heteroatoms. The number of aryl methyl sites for hydroxylation is 2. The molecule has 0 saturated carbocycles. The maximum absolute atomic E-state index is 12.2. The second-order valence-corrected chi connectivity index (χ2v) is 4.66. The van der Waals surface area contributed by atoms with Crippen LogP contribution in [0.15, 0.2) is 36.5 Å². The van der Waals surface area contributed by atoms with Crippen LogP contribution in [0.2, 0.25) is 0 Å². The molecule has 0 aliphatic rings. The molecule has 0 amide bonds. The van der Waals surface area contributed by atoms with Crippen LogP contribution in [-0.2, 0) is 13.5 Å². The van der Waals surface area contributed by atoms with Crippen molar-refractivity contribution in [2.24, 2.45) is 12.9 Å². The van der Waals surface area contributed by atoms with Crippen LogP contribution in [0.5, 0.6) is 5.75 Å². The molecule has 0 saturated heterocycles. The van der Waals surface area contributed by atoms with Gasteiger partial charge >= 0.3 is 6.61 Å². The normalized spacial score (nSPS) is 12.6. The summed E-state index contributed by atoms with van der Waals surface area (Å²) in [5, 5.41) is 4.10. The number of nitrogens with two attached hydrogens (primary N) is 1. The molecule has 0 aliphatic carbocycles. The van der Waals surface area contributed by atoms with Crippen molar-refractivity contribution in [1.29, 1.82) is 0 Å². The van der Waals surface area contributed by atoms with Crippen LogP contribution in [0.1, 0.15) is 23.7 Å². The van der Waals surface area contributed by atoms with Gasteiger partial charge in [0.05, 0.1) is 0 Å². The lowest BCUT2D eigenvalue weighted by molar-refractivity contribution is -0.0499. The summed E-state index contributed by atoms with van der Waals surface area (Å²) in [5.41, 5.74) is 4.59. The number of benzene rings is 1. The van der Waals surface area contributed by atoms with Gasteiger partial charge in [-0.25, -0.2) is 0 Å². The van der Waals surface area contributed by atoms with Crippen molar-refractivity contribution in [2.75, 3.05) is 0 Å². The molecule has 3 N–H and O–H groups in total. The highest BCUT2D eigenvalue weighted by atomic mass is 19.3. The highest BCUT2D eigenvalue weighted by Gasteiger charge is 2.13. The third-order valence-corrected chi connectivity index (χ3v) is 3.30. The molecule has 0 spiro atoms. The number of ether oxygens (including phenoxy) is 1. The fraction of sp³-hybridized carbons (Fsp3) is 0.357. The Hall–Kier alpha value is -1.99. The molecular formula is C14H18F2N4O. The number of hydrogen-bond donors (Lipinski definition) is 2. The van der Waals surface area contributed by atoms with Crippen LogP contribution < -0.4 is 16.0 Å². The fourth-order valence-electron chi connectivity index (χ4n) is 2.19. The molecule has 1 heterocycles. The van der Waals surface area contributed by atoms with Crippen LogP contribution in [-0.4, -0.2) is 16.4 Å². The molecule has 114 valence electrons. The van der Waals surface area contributed by atoms with E-state index in [1.807, 2.05) is 19.2 Å². The third-order valence-electron chi connectivity index (χ3n) is 3.30. The minimum atomic E-state index is -2.83. The average Bonchev–Trinajstić information content (AvgIpc) is 2.85. The Labute approximate surface area is 121 Å². The van der Waals surface area contributed by atoms with Gasteiger partial charge in [-0.15, -0.1) is 0 Å². The molecule has 2 rings (SSSR count). The van der Waals surface area contributed by atoms with Crippen molar-refractivity contribution in [2.45, 2.75) is 25.5 Å². The Kier molecular flexibility index (Phi) is 5.24. The summed E-state index contributed by atoms with van der Waals surface area (Å²) in [4.78, 5) is 0. The molecule has 1 atom stereocenters. The smallest absolute Gasteiger partial charge is 0.387 e. The first kappa shape index (κ1) is 15.4. The molecule has 0 fully saturated rings. The summed E-state index contributed by atoms with van der Waals surface area (Å²) in [5.74, 6) is 5.70. The number of nitrogens with zero attached hydrogens (tertiary/aromatic N) is 2. The average molecular weight is 296 g/mol. The van der Waals surface area contributed by atoms with Crippen molar-refractivity contribution < 1.29 is 13.5 Å². The largest absolute Gasteiger partial charge is 0.435 e. The van der Waals surface area contributed by atoms with E-state index in [2.05, 4.69) is 15.3 Å². The maximum Gasteiger partial charge on any atom is 0.387 e. The van der Waals surface area contributed by atoms with E-state index in [1.54, 1.807) is 23.0 Å². The Morgan fingerprint density at radius 3 is 2.81 bits per heavy atom. The van der Waals surface area contributed by atoms with E-state index in [4.69, 9.17) is 5.84 Å². The Morgan fingerprint density at radius 2 is 2.19 bits per heavy atom. The monoisotopic (exact) mass is 296 g/mol. The van der Waals surface area contributed by atoms with Gasteiger partial charge in [-0.3, -0.25) is 16.0 Å². The lowest BCUT2D eigenvalue weighted by Crippen LogP contribution is -2.28. The quantitative estimate of drug-likeness (QED) is 0.607. The van der Waals surface area contributed by atoms with Gasteiger partial charge in [-0.2, -0.15) is 13.9 Å². The first-order chi connectivity index (χ1) is 10.1. The summed E-state index contributed by atoms with van der Waals surface area (Å²) in [6.07, 6.45) is 3.22. The second-order valence-electron chi connectivity index (χ2n) is 4.66. The molecule has 0 bridgehead atoms.